The molecule has 172 valence electrons. The van der Waals surface area contributed by atoms with Crippen molar-refractivity contribution in [2.45, 2.75) is 0 Å². The maximum Gasteiger partial charge on any atom is 0.335 e. The van der Waals surface area contributed by atoms with Gasteiger partial charge in [0.1, 0.15) is 11.5 Å². The predicted octanol–water partition coefficient (Wildman–Crippen LogP) is 4.22. The van der Waals surface area contributed by atoms with Gasteiger partial charge < -0.3 is 18.9 Å². The summed E-state index contributed by atoms with van der Waals surface area (Å²) < 4.78 is 20.5. The minimum Gasteiger partial charge on any atom is -0.423 e. The lowest BCUT2D eigenvalue weighted by Gasteiger charge is -2.10. The van der Waals surface area contributed by atoms with Gasteiger partial charge in [0.2, 0.25) is 0 Å². The Morgan fingerprint density at radius 1 is 0.529 bits per heavy atom. The zero-order valence-electron chi connectivity index (χ0n) is 18.0. The zero-order valence-corrected chi connectivity index (χ0v) is 18.0. The van der Waals surface area contributed by atoms with Crippen LogP contribution in [0.1, 0.15) is 11.1 Å². The van der Waals surface area contributed by atoms with Crippen LogP contribution in [-0.4, -0.2) is 23.9 Å². The summed E-state index contributed by atoms with van der Waals surface area (Å²) in [5.74, 6) is -2.64. The summed E-state index contributed by atoms with van der Waals surface area (Å²) in [7, 11) is 0. The van der Waals surface area contributed by atoms with Crippen molar-refractivity contribution in [2.24, 2.45) is 0 Å². The van der Waals surface area contributed by atoms with Crippen LogP contribution in [0.4, 0.5) is 0 Å². The molecular formula is C26H20O8. The summed E-state index contributed by atoms with van der Waals surface area (Å²) in [4.78, 5) is 46.3. The highest BCUT2D eigenvalue weighted by Crippen LogP contribution is 2.30. The van der Waals surface area contributed by atoms with Crippen molar-refractivity contribution in [2.75, 3.05) is 0 Å². The van der Waals surface area contributed by atoms with Gasteiger partial charge >= 0.3 is 23.9 Å². The Kier molecular flexibility index (Phi) is 9.04. The van der Waals surface area contributed by atoms with E-state index >= 15 is 0 Å². The van der Waals surface area contributed by atoms with Gasteiger partial charge in [-0.3, -0.25) is 0 Å². The number of esters is 4. The molecule has 0 amide bonds. The van der Waals surface area contributed by atoms with E-state index in [0.29, 0.717) is 11.1 Å². The third kappa shape index (κ3) is 7.61. The van der Waals surface area contributed by atoms with E-state index in [2.05, 4.69) is 26.3 Å². The van der Waals surface area contributed by atoms with Gasteiger partial charge in [-0.25, -0.2) is 19.2 Å². The minimum absolute atomic E-state index is 0.00853. The quantitative estimate of drug-likeness (QED) is 0.225. The normalized spacial score (nSPS) is 10.0. The highest BCUT2D eigenvalue weighted by Gasteiger charge is 2.12. The summed E-state index contributed by atoms with van der Waals surface area (Å²) >= 11 is 0. The Morgan fingerprint density at radius 2 is 0.971 bits per heavy atom. The molecule has 0 atom stereocenters. The standard InChI is InChI=1S/C26H20O8/c1-5-23(27)31-19-13-18(14-20(16-19)32-24(28)6-2)10-9-17-11-12-21(33-25(29)7-3)22(15-17)34-26(30)8-4/h5-16H,1-4H2/b10-9+. The molecule has 0 bridgehead atoms. The highest BCUT2D eigenvalue weighted by atomic mass is 16.6. The van der Waals surface area contributed by atoms with Crippen molar-refractivity contribution in [3.8, 4) is 23.0 Å². The van der Waals surface area contributed by atoms with Gasteiger partial charge in [-0.05, 0) is 35.4 Å². The number of ether oxygens (including phenoxy) is 4. The number of benzene rings is 2. The smallest absolute Gasteiger partial charge is 0.335 e. The topological polar surface area (TPSA) is 105 Å². The lowest BCUT2D eigenvalue weighted by atomic mass is 10.1. The lowest BCUT2D eigenvalue weighted by molar-refractivity contribution is -0.131. The van der Waals surface area contributed by atoms with Crippen molar-refractivity contribution >= 4 is 36.0 Å². The molecule has 0 aromatic heterocycles. The van der Waals surface area contributed by atoms with Crippen LogP contribution < -0.4 is 18.9 Å². The fourth-order valence-electron chi connectivity index (χ4n) is 2.41. The van der Waals surface area contributed by atoms with Crippen LogP contribution in [-0.2, 0) is 19.2 Å². The molecule has 0 aliphatic carbocycles. The third-order valence-corrected chi connectivity index (χ3v) is 3.86. The molecule has 0 fully saturated rings. The number of carbonyl (C=O) groups excluding carboxylic acids is 4. The van der Waals surface area contributed by atoms with E-state index < -0.39 is 23.9 Å². The molecule has 0 heterocycles. The van der Waals surface area contributed by atoms with Crippen LogP contribution in [0.2, 0.25) is 0 Å². The SMILES string of the molecule is C=CC(=O)Oc1cc(/C=C/c2ccc(OC(=O)C=C)c(OC(=O)C=C)c2)cc(OC(=O)C=C)c1. The van der Waals surface area contributed by atoms with E-state index in [4.69, 9.17) is 18.9 Å². The summed E-state index contributed by atoms with van der Waals surface area (Å²) in [6.45, 7) is 13.3. The molecule has 8 nitrogen and oxygen atoms in total. The van der Waals surface area contributed by atoms with E-state index in [0.717, 1.165) is 24.3 Å². The predicted molar refractivity (Wildman–Crippen MR) is 125 cm³/mol. The minimum atomic E-state index is -0.748. The molecule has 0 radical (unpaired) electrons. The fraction of sp³-hybridized carbons (Fsp3) is 0. The molecule has 0 N–H and O–H groups in total. The molecule has 0 saturated heterocycles. The lowest BCUT2D eigenvalue weighted by Crippen LogP contribution is -2.08. The first kappa shape index (κ1) is 25.3. The summed E-state index contributed by atoms with van der Waals surface area (Å²) in [6.07, 6.45) is 7.17. The summed E-state index contributed by atoms with van der Waals surface area (Å²) in [5.41, 5.74) is 1.07. The molecule has 2 aromatic rings. The van der Waals surface area contributed by atoms with E-state index in [1.165, 1.54) is 30.3 Å². The molecule has 34 heavy (non-hydrogen) atoms. The van der Waals surface area contributed by atoms with Gasteiger partial charge in [-0.1, -0.05) is 44.5 Å². The number of carbonyl (C=O) groups is 4. The Labute approximate surface area is 195 Å². The third-order valence-electron chi connectivity index (χ3n) is 3.86. The molecule has 0 spiro atoms. The fourth-order valence-corrected chi connectivity index (χ4v) is 2.41. The first-order chi connectivity index (χ1) is 16.3. The molecular weight excluding hydrogens is 440 g/mol. The highest BCUT2D eigenvalue weighted by molar-refractivity contribution is 5.87. The van der Waals surface area contributed by atoms with Gasteiger partial charge in [0.05, 0.1) is 0 Å². The van der Waals surface area contributed by atoms with Crippen LogP contribution in [0.5, 0.6) is 23.0 Å². The average molecular weight is 460 g/mol. The molecule has 0 saturated carbocycles. The largest absolute Gasteiger partial charge is 0.423 e. The Hall–Kier alpha value is -4.98. The van der Waals surface area contributed by atoms with E-state index in [1.54, 1.807) is 18.2 Å². The van der Waals surface area contributed by atoms with Gasteiger partial charge in [-0.15, -0.1) is 0 Å². The van der Waals surface area contributed by atoms with Gasteiger partial charge in [0, 0.05) is 30.4 Å². The van der Waals surface area contributed by atoms with Crippen molar-refractivity contribution in [3.63, 3.8) is 0 Å². The van der Waals surface area contributed by atoms with Crippen molar-refractivity contribution in [1.29, 1.82) is 0 Å². The van der Waals surface area contributed by atoms with Crippen LogP contribution in [0.25, 0.3) is 12.2 Å². The van der Waals surface area contributed by atoms with Crippen LogP contribution in [0, 0.1) is 0 Å². The first-order valence-corrected chi connectivity index (χ1v) is 9.62. The van der Waals surface area contributed by atoms with Crippen LogP contribution >= 0.6 is 0 Å². The number of hydrogen-bond acceptors (Lipinski definition) is 8. The molecule has 0 unspecified atom stereocenters. The first-order valence-electron chi connectivity index (χ1n) is 9.62. The van der Waals surface area contributed by atoms with E-state index in [1.807, 2.05) is 0 Å². The van der Waals surface area contributed by atoms with Crippen molar-refractivity contribution in [3.05, 3.63) is 98.1 Å². The number of rotatable bonds is 10. The Balaban J connectivity index is 2.41. The monoisotopic (exact) mass is 460 g/mol. The second kappa shape index (κ2) is 12.2. The molecule has 8 heteroatoms. The average Bonchev–Trinajstić information content (AvgIpc) is 2.83. The second-order valence-corrected chi connectivity index (χ2v) is 6.28. The Morgan fingerprint density at radius 3 is 1.47 bits per heavy atom. The van der Waals surface area contributed by atoms with Gasteiger partial charge in [0.25, 0.3) is 0 Å². The number of hydrogen-bond donors (Lipinski definition) is 0. The second-order valence-electron chi connectivity index (χ2n) is 6.28. The van der Waals surface area contributed by atoms with Crippen LogP contribution in [0.3, 0.4) is 0 Å². The Bertz CT molecular complexity index is 1160. The molecule has 0 aliphatic rings. The van der Waals surface area contributed by atoms with Gasteiger partial charge in [0.15, 0.2) is 11.5 Å². The van der Waals surface area contributed by atoms with E-state index in [-0.39, 0.29) is 23.0 Å². The zero-order chi connectivity index (χ0) is 25.1. The summed E-state index contributed by atoms with van der Waals surface area (Å²) in [6, 6.07) is 8.92. The molecule has 0 aliphatic heterocycles. The summed E-state index contributed by atoms with van der Waals surface area (Å²) in [5, 5.41) is 0. The molecule has 2 aromatic carbocycles. The van der Waals surface area contributed by atoms with E-state index in [9.17, 15) is 19.2 Å². The van der Waals surface area contributed by atoms with Gasteiger partial charge in [-0.2, -0.15) is 0 Å². The maximum atomic E-state index is 11.7. The molecule has 2 rings (SSSR count). The van der Waals surface area contributed by atoms with Crippen LogP contribution in [0.15, 0.2) is 87.0 Å². The maximum absolute atomic E-state index is 11.7. The van der Waals surface area contributed by atoms with Crippen molar-refractivity contribution < 1.29 is 38.1 Å². The van der Waals surface area contributed by atoms with Crippen molar-refractivity contribution in [1.82, 2.24) is 0 Å².